The first kappa shape index (κ1) is 42.6. The van der Waals surface area contributed by atoms with Gasteiger partial charge in [-0.1, -0.05) is 228 Å². The van der Waals surface area contributed by atoms with Crippen LogP contribution in [0.25, 0.3) is 0 Å². The van der Waals surface area contributed by atoms with Gasteiger partial charge >= 0.3 is 6.00 Å². The van der Waals surface area contributed by atoms with E-state index in [0.717, 1.165) is 12.5 Å². The second kappa shape index (κ2) is 36.0. The van der Waals surface area contributed by atoms with Gasteiger partial charge in [-0.2, -0.15) is 0 Å². The summed E-state index contributed by atoms with van der Waals surface area (Å²) in [7, 11) is 0. The van der Waals surface area contributed by atoms with Crippen molar-refractivity contribution < 1.29 is 0 Å². The Morgan fingerprint density at radius 1 is 0.244 bits per heavy atom. The Hall–Kier alpha value is 1.57. The van der Waals surface area contributed by atoms with Gasteiger partial charge in [0.25, 0.3) is 0 Å². The Balaban J connectivity index is 3.04. The fourth-order valence-electron chi connectivity index (χ4n) is 6.08. The molecular weight excluding hydrogens is 647 g/mol. The van der Waals surface area contributed by atoms with Crippen LogP contribution in [0, 0.1) is 0 Å². The molecule has 0 heterocycles. The van der Waals surface area contributed by atoms with Crippen molar-refractivity contribution in [1.29, 1.82) is 0 Å². The summed E-state index contributed by atoms with van der Waals surface area (Å²) >= 11 is 21.3. The second-order valence-corrected chi connectivity index (χ2v) is 23.1. The molecule has 0 fully saturated rings. The van der Waals surface area contributed by atoms with E-state index in [2.05, 4.69) is 15.9 Å². The van der Waals surface area contributed by atoms with E-state index in [4.69, 9.17) is 33.2 Å². The number of rotatable bonds is 36. The van der Waals surface area contributed by atoms with Crippen molar-refractivity contribution in [1.82, 2.24) is 0 Å². The Morgan fingerprint density at radius 3 is 0.537 bits per heavy atom. The molecule has 0 aliphatic rings. The smallest absolute Gasteiger partial charge is 0.126 e. The lowest BCUT2D eigenvalue weighted by Crippen LogP contribution is -2.07. The van der Waals surface area contributed by atoms with Gasteiger partial charge in [-0.05, 0) is 12.5 Å². The molecule has 0 nitrogen and oxygen atoms in total. The molecule has 0 N–H and O–H groups in total. The normalized spacial score (nSPS) is 12.0. The third-order valence-electron chi connectivity index (χ3n) is 8.84. The predicted octanol–water partition coefficient (Wildman–Crippen LogP) is 16.3. The zero-order valence-electron chi connectivity index (χ0n) is 27.5. The van der Waals surface area contributed by atoms with Crippen molar-refractivity contribution >= 4 is 55.2 Å². The van der Waals surface area contributed by atoms with Crippen molar-refractivity contribution in [2.24, 2.45) is 0 Å². The molecule has 0 rings (SSSR count). The molecule has 0 aromatic carbocycles. The molecule has 0 bridgehead atoms. The molecule has 0 aliphatic heterocycles. The van der Waals surface area contributed by atoms with Gasteiger partial charge < -0.3 is 0 Å². The van der Waals surface area contributed by atoms with E-state index in [0.29, 0.717) is 0 Å². The fourth-order valence-corrected chi connectivity index (χ4v) is 8.33. The van der Waals surface area contributed by atoms with Crippen LogP contribution in [0.2, 0.25) is 6.04 Å². The third kappa shape index (κ3) is 41.6. The number of alkyl halides is 1. The topological polar surface area (TPSA) is 0 Å². The van der Waals surface area contributed by atoms with Crippen LogP contribution < -0.4 is 0 Å². The van der Waals surface area contributed by atoms with Crippen molar-refractivity contribution in [3.05, 3.63) is 0 Å². The molecule has 0 saturated heterocycles. The molecule has 0 amide bonds. The molecule has 0 spiro atoms. The lowest BCUT2D eigenvalue weighted by Gasteiger charge is -2.07. The fraction of sp³-hybridized carbons (Fsp3) is 1.00. The molecule has 248 valence electrons. The standard InChI is InChI=1S/C36H72BrCl3Si/c37-35-33-31-29-27-25-23-21-19-17-15-13-11-9-7-5-3-1-2-4-6-8-10-12-14-16-18-20-22-24-26-28-30-32-34-36-41(38,39)40/h1-36H2. The van der Waals surface area contributed by atoms with E-state index in [1.54, 1.807) is 0 Å². The van der Waals surface area contributed by atoms with Crippen molar-refractivity contribution in [2.45, 2.75) is 224 Å². The SMILES string of the molecule is Cl[Si](Cl)(Cl)CCCCCCCCCCCCCCCCCCCCCCCCCCCCCCCCCCCCBr. The quantitative estimate of drug-likeness (QED) is 0.0262. The molecule has 0 atom stereocenters. The maximum atomic E-state index is 5.93. The van der Waals surface area contributed by atoms with E-state index in [9.17, 15) is 0 Å². The summed E-state index contributed by atoms with van der Waals surface area (Å²) in [5.41, 5.74) is 0. The molecule has 0 aromatic rings. The molecule has 5 heteroatoms. The van der Waals surface area contributed by atoms with Crippen LogP contribution in [-0.2, 0) is 0 Å². The van der Waals surface area contributed by atoms with Crippen LogP contribution in [0.1, 0.15) is 218 Å². The minimum atomic E-state index is -2.37. The van der Waals surface area contributed by atoms with Gasteiger partial charge in [0.15, 0.2) is 0 Å². The van der Waals surface area contributed by atoms with E-state index in [1.807, 2.05) is 0 Å². The van der Waals surface area contributed by atoms with E-state index < -0.39 is 6.00 Å². The number of hydrogen-bond donors (Lipinski definition) is 0. The zero-order valence-corrected chi connectivity index (χ0v) is 32.3. The average Bonchev–Trinajstić information content (AvgIpc) is 2.94. The zero-order chi connectivity index (χ0) is 30.0. The first-order valence-corrected chi connectivity index (χ1v) is 25.1. The predicted molar refractivity (Wildman–Crippen MR) is 199 cm³/mol. The maximum Gasteiger partial charge on any atom is 0.341 e. The second-order valence-electron chi connectivity index (χ2n) is 13.1. The molecule has 0 aromatic heterocycles. The Labute approximate surface area is 283 Å². The van der Waals surface area contributed by atoms with Crippen molar-refractivity contribution in [3.8, 4) is 0 Å². The van der Waals surface area contributed by atoms with Gasteiger partial charge in [-0.25, -0.2) is 0 Å². The highest BCUT2D eigenvalue weighted by molar-refractivity contribution is 9.09. The van der Waals surface area contributed by atoms with Gasteiger partial charge in [0.05, 0.1) is 0 Å². The Bertz CT molecular complexity index is 472. The lowest BCUT2D eigenvalue weighted by atomic mass is 10.0. The minimum absolute atomic E-state index is 0.830. The van der Waals surface area contributed by atoms with Crippen molar-refractivity contribution in [3.63, 3.8) is 0 Å². The van der Waals surface area contributed by atoms with E-state index in [1.165, 1.54) is 217 Å². The summed E-state index contributed by atoms with van der Waals surface area (Å²) in [6, 6.07) is -1.54. The molecular formula is C36H72BrCl3Si. The summed E-state index contributed by atoms with van der Waals surface area (Å²) in [5.74, 6) is 0. The number of halogens is 4. The monoisotopic (exact) mass is 716 g/mol. The summed E-state index contributed by atoms with van der Waals surface area (Å²) < 4.78 is 0. The average molecular weight is 719 g/mol. The molecule has 0 radical (unpaired) electrons. The molecule has 0 saturated carbocycles. The Morgan fingerprint density at radius 2 is 0.390 bits per heavy atom. The third-order valence-corrected chi connectivity index (χ3v) is 12.0. The summed E-state index contributed by atoms with van der Waals surface area (Å²) in [4.78, 5) is 0. The van der Waals surface area contributed by atoms with Crippen LogP contribution in [0.4, 0.5) is 0 Å². The van der Waals surface area contributed by atoms with Gasteiger partial charge in [-0.15, -0.1) is 33.2 Å². The highest BCUT2D eigenvalue weighted by Crippen LogP contribution is 2.27. The molecule has 41 heavy (non-hydrogen) atoms. The van der Waals surface area contributed by atoms with Crippen LogP contribution in [0.5, 0.6) is 0 Å². The van der Waals surface area contributed by atoms with Crippen LogP contribution in [0.3, 0.4) is 0 Å². The largest absolute Gasteiger partial charge is 0.341 e. The first-order chi connectivity index (χ1) is 20.1. The van der Waals surface area contributed by atoms with Crippen LogP contribution in [0.15, 0.2) is 0 Å². The first-order valence-electron chi connectivity index (χ1n) is 18.7. The van der Waals surface area contributed by atoms with Gasteiger partial charge in [0.2, 0.25) is 0 Å². The Kier molecular flexibility index (Phi) is 37.4. The van der Waals surface area contributed by atoms with E-state index in [-0.39, 0.29) is 0 Å². The van der Waals surface area contributed by atoms with E-state index >= 15 is 0 Å². The number of hydrogen-bond acceptors (Lipinski definition) is 0. The highest BCUT2D eigenvalue weighted by Gasteiger charge is 2.23. The maximum absolute atomic E-state index is 5.93. The minimum Gasteiger partial charge on any atom is -0.126 e. The van der Waals surface area contributed by atoms with Gasteiger partial charge in [0, 0.05) is 5.33 Å². The van der Waals surface area contributed by atoms with Crippen LogP contribution >= 0.6 is 49.2 Å². The molecule has 0 aliphatic carbocycles. The van der Waals surface area contributed by atoms with Crippen molar-refractivity contribution in [2.75, 3.05) is 5.33 Å². The van der Waals surface area contributed by atoms with Gasteiger partial charge in [-0.3, -0.25) is 0 Å². The van der Waals surface area contributed by atoms with Gasteiger partial charge in [0.1, 0.15) is 0 Å². The number of unbranched alkanes of at least 4 members (excludes halogenated alkanes) is 33. The summed E-state index contributed by atoms with van der Waals surface area (Å²) in [6.07, 6.45) is 48.8. The lowest BCUT2D eigenvalue weighted by molar-refractivity contribution is 0.511. The summed E-state index contributed by atoms with van der Waals surface area (Å²) in [5, 5.41) is 1.18. The summed E-state index contributed by atoms with van der Waals surface area (Å²) in [6.45, 7) is 0. The van der Waals surface area contributed by atoms with Crippen LogP contribution in [-0.4, -0.2) is 11.3 Å². The highest BCUT2D eigenvalue weighted by atomic mass is 79.9. The molecule has 0 unspecified atom stereocenters.